The Labute approximate surface area is 335 Å². The molecule has 0 fully saturated rings. The zero-order valence-electron chi connectivity index (χ0n) is 32.8. The number of para-hydroxylation sites is 1. The van der Waals surface area contributed by atoms with Gasteiger partial charge >= 0.3 is 0 Å². The number of nitrogens with zero attached hydrogens (tertiary/aromatic N) is 1. The molecule has 3 aliphatic rings. The third kappa shape index (κ3) is 4.71. The molecule has 8 aromatic carbocycles. The lowest BCUT2D eigenvalue weighted by Crippen LogP contribution is -2.29. The first kappa shape index (κ1) is 33.7. The second-order valence-corrected chi connectivity index (χ2v) is 16.9. The fourth-order valence-corrected chi connectivity index (χ4v) is 10.5. The predicted molar refractivity (Wildman–Crippen MR) is 235 cm³/mol. The van der Waals surface area contributed by atoms with Crippen molar-refractivity contribution in [3.63, 3.8) is 0 Å². The number of fused-ring (bicyclic) bond motifs is 8. The van der Waals surface area contributed by atoms with Crippen LogP contribution in [0.3, 0.4) is 0 Å². The van der Waals surface area contributed by atoms with Gasteiger partial charge in [0.15, 0.2) is 0 Å². The number of ether oxygens (including phenoxy) is 1. The Balaban J connectivity index is 1.16. The number of hydrogen-bond donors (Lipinski definition) is 0. The molecule has 0 radical (unpaired) electrons. The fraction of sp³-hybridized carbons (Fsp3) is 0.127. The van der Waals surface area contributed by atoms with Crippen LogP contribution < -0.4 is 9.64 Å². The summed E-state index contributed by atoms with van der Waals surface area (Å²) in [7, 11) is 0. The van der Waals surface area contributed by atoms with E-state index in [2.05, 4.69) is 221 Å². The van der Waals surface area contributed by atoms with Crippen LogP contribution in [-0.4, -0.2) is 0 Å². The standard InChI is InChI=1S/C55H43NO/c1-53(2)45-24-11-8-23-43(45)44-34-39(29-31-46(44)53)56(40-30-32-52-50(35-40)54(3,4)49-27-14-15-28-51(49)57-52)38-20-16-19-37(33-38)55(36-17-6-5-7-18-36)47-25-12-9-21-41(47)42-22-10-13-26-48(42)55/h5-35H,1-4H3. The summed E-state index contributed by atoms with van der Waals surface area (Å²) in [6.07, 6.45) is 0. The van der Waals surface area contributed by atoms with Crippen molar-refractivity contribution in [3.05, 3.63) is 233 Å². The number of hydrogen-bond acceptors (Lipinski definition) is 2. The summed E-state index contributed by atoms with van der Waals surface area (Å²) < 4.78 is 6.58. The van der Waals surface area contributed by atoms with Gasteiger partial charge in [-0.1, -0.05) is 167 Å². The topological polar surface area (TPSA) is 12.5 Å². The van der Waals surface area contributed by atoms with E-state index in [0.29, 0.717) is 0 Å². The largest absolute Gasteiger partial charge is 0.457 e. The van der Waals surface area contributed by atoms with Gasteiger partial charge in [-0.3, -0.25) is 0 Å². The highest BCUT2D eigenvalue weighted by Crippen LogP contribution is 2.57. The van der Waals surface area contributed by atoms with Crippen molar-refractivity contribution in [2.24, 2.45) is 0 Å². The van der Waals surface area contributed by atoms with Crippen LogP contribution in [0, 0.1) is 0 Å². The van der Waals surface area contributed by atoms with Crippen LogP contribution in [-0.2, 0) is 16.2 Å². The van der Waals surface area contributed by atoms with Crippen LogP contribution in [0.4, 0.5) is 17.1 Å². The van der Waals surface area contributed by atoms with E-state index in [-0.39, 0.29) is 10.8 Å². The molecule has 0 saturated carbocycles. The maximum absolute atomic E-state index is 6.58. The molecule has 0 saturated heterocycles. The number of benzene rings is 8. The first-order chi connectivity index (χ1) is 27.8. The summed E-state index contributed by atoms with van der Waals surface area (Å²) in [5.41, 5.74) is 17.9. The van der Waals surface area contributed by atoms with E-state index in [1.807, 2.05) is 0 Å². The highest BCUT2D eigenvalue weighted by Gasteiger charge is 2.46. The van der Waals surface area contributed by atoms with Crippen LogP contribution in [0.2, 0.25) is 0 Å². The van der Waals surface area contributed by atoms with Gasteiger partial charge in [-0.05, 0) is 104 Å². The van der Waals surface area contributed by atoms with Crippen LogP contribution in [0.1, 0.15) is 72.2 Å². The van der Waals surface area contributed by atoms with Crippen molar-refractivity contribution >= 4 is 17.1 Å². The molecule has 2 aliphatic carbocycles. The second-order valence-electron chi connectivity index (χ2n) is 16.9. The molecule has 2 heteroatoms. The van der Waals surface area contributed by atoms with E-state index >= 15 is 0 Å². The molecule has 1 heterocycles. The van der Waals surface area contributed by atoms with Crippen molar-refractivity contribution in [3.8, 4) is 33.8 Å². The van der Waals surface area contributed by atoms with E-state index in [4.69, 9.17) is 4.74 Å². The van der Waals surface area contributed by atoms with Crippen LogP contribution >= 0.6 is 0 Å². The minimum absolute atomic E-state index is 0.0822. The summed E-state index contributed by atoms with van der Waals surface area (Å²) in [5.74, 6) is 1.83. The Morgan fingerprint density at radius 3 is 1.54 bits per heavy atom. The van der Waals surface area contributed by atoms with Gasteiger partial charge in [0.05, 0.1) is 5.41 Å². The molecule has 2 nitrogen and oxygen atoms in total. The molecule has 0 N–H and O–H groups in total. The fourth-order valence-electron chi connectivity index (χ4n) is 10.5. The lowest BCUT2D eigenvalue weighted by Gasteiger charge is -2.37. The minimum Gasteiger partial charge on any atom is -0.457 e. The summed E-state index contributed by atoms with van der Waals surface area (Å²) in [5, 5.41) is 0. The van der Waals surface area contributed by atoms with Gasteiger partial charge in [0, 0.05) is 39.0 Å². The molecule has 0 amide bonds. The van der Waals surface area contributed by atoms with Crippen LogP contribution in [0.5, 0.6) is 11.5 Å². The average Bonchev–Trinajstić information content (AvgIpc) is 3.67. The van der Waals surface area contributed by atoms with Crippen molar-refractivity contribution in [2.75, 3.05) is 4.90 Å². The molecule has 0 aromatic heterocycles. The Bertz CT molecular complexity index is 2850. The summed E-state index contributed by atoms with van der Waals surface area (Å²) in [6, 6.07) is 69.5. The first-order valence-corrected chi connectivity index (χ1v) is 20.1. The highest BCUT2D eigenvalue weighted by atomic mass is 16.5. The third-order valence-corrected chi connectivity index (χ3v) is 13.2. The van der Waals surface area contributed by atoms with Crippen molar-refractivity contribution in [1.29, 1.82) is 0 Å². The smallest absolute Gasteiger partial charge is 0.131 e. The second kappa shape index (κ2) is 12.2. The highest BCUT2D eigenvalue weighted by molar-refractivity contribution is 5.89. The maximum Gasteiger partial charge on any atom is 0.131 e. The van der Waals surface area contributed by atoms with E-state index in [1.165, 1.54) is 66.8 Å². The Kier molecular flexibility index (Phi) is 7.20. The molecular weight excluding hydrogens is 691 g/mol. The van der Waals surface area contributed by atoms with Crippen LogP contribution in [0.15, 0.2) is 188 Å². The molecular formula is C55H43NO. The van der Waals surface area contributed by atoms with Crippen molar-refractivity contribution in [1.82, 2.24) is 0 Å². The molecule has 0 atom stereocenters. The van der Waals surface area contributed by atoms with Gasteiger partial charge in [0.1, 0.15) is 11.5 Å². The van der Waals surface area contributed by atoms with E-state index in [1.54, 1.807) is 0 Å². The minimum atomic E-state index is -0.508. The molecule has 57 heavy (non-hydrogen) atoms. The lowest BCUT2D eigenvalue weighted by atomic mass is 9.67. The molecule has 0 bridgehead atoms. The first-order valence-electron chi connectivity index (χ1n) is 20.1. The van der Waals surface area contributed by atoms with Crippen LogP contribution in [0.25, 0.3) is 22.3 Å². The average molecular weight is 734 g/mol. The Morgan fingerprint density at radius 1 is 0.333 bits per heavy atom. The van der Waals surface area contributed by atoms with Gasteiger partial charge in [0.2, 0.25) is 0 Å². The van der Waals surface area contributed by atoms with Gasteiger partial charge in [-0.2, -0.15) is 0 Å². The quantitative estimate of drug-likeness (QED) is 0.175. The molecule has 1 aliphatic heterocycles. The molecule has 8 aromatic rings. The molecule has 0 spiro atoms. The molecule has 0 unspecified atom stereocenters. The summed E-state index contributed by atoms with van der Waals surface area (Å²) >= 11 is 0. The Morgan fingerprint density at radius 2 is 0.825 bits per heavy atom. The van der Waals surface area contributed by atoms with Crippen molar-refractivity contribution in [2.45, 2.75) is 43.9 Å². The summed E-state index contributed by atoms with van der Waals surface area (Å²) in [6.45, 7) is 9.33. The predicted octanol–water partition coefficient (Wildman–Crippen LogP) is 14.3. The summed E-state index contributed by atoms with van der Waals surface area (Å²) in [4.78, 5) is 2.46. The maximum atomic E-state index is 6.58. The van der Waals surface area contributed by atoms with E-state index in [9.17, 15) is 0 Å². The zero-order chi connectivity index (χ0) is 38.5. The molecule has 274 valence electrons. The third-order valence-electron chi connectivity index (χ3n) is 13.2. The normalized spacial score (nSPS) is 15.6. The van der Waals surface area contributed by atoms with E-state index in [0.717, 1.165) is 28.6 Å². The van der Waals surface area contributed by atoms with Gasteiger partial charge in [-0.15, -0.1) is 0 Å². The Hall–Kier alpha value is -6.64. The molecule has 11 rings (SSSR count). The van der Waals surface area contributed by atoms with Crippen molar-refractivity contribution < 1.29 is 4.74 Å². The van der Waals surface area contributed by atoms with Gasteiger partial charge in [-0.25, -0.2) is 0 Å². The van der Waals surface area contributed by atoms with Gasteiger partial charge in [0.25, 0.3) is 0 Å². The number of rotatable bonds is 5. The number of anilines is 3. The lowest BCUT2D eigenvalue weighted by molar-refractivity contribution is 0.418. The van der Waals surface area contributed by atoms with Gasteiger partial charge < -0.3 is 9.64 Å². The monoisotopic (exact) mass is 733 g/mol. The SMILES string of the molecule is CC1(C)c2ccccc2Oc2ccc(N(c3cccc(C4(c5ccccc5)c5ccccc5-c5ccccc54)c3)c3ccc4c(c3)-c3ccccc3C4(C)C)cc21. The zero-order valence-corrected chi connectivity index (χ0v) is 32.8. The van der Waals surface area contributed by atoms with E-state index < -0.39 is 5.41 Å².